The monoisotopic (exact) mass is 290 g/mol. The summed E-state index contributed by atoms with van der Waals surface area (Å²) in [7, 11) is 0. The van der Waals surface area contributed by atoms with Gasteiger partial charge in [-0.25, -0.2) is 0 Å². The van der Waals surface area contributed by atoms with Crippen LogP contribution in [0.4, 0.5) is 0 Å². The molecule has 20 heavy (non-hydrogen) atoms. The van der Waals surface area contributed by atoms with E-state index in [1.165, 1.54) is 13.8 Å². The third kappa shape index (κ3) is 4.17. The molecule has 8 heteroatoms. The molecule has 5 atom stereocenters. The van der Waals surface area contributed by atoms with E-state index in [9.17, 15) is 19.5 Å². The molecule has 1 N–H and O–H groups in total. The van der Waals surface area contributed by atoms with E-state index in [0.717, 1.165) is 13.8 Å². The minimum Gasteiger partial charge on any atom is -0.456 e. The number of carbonyl (C=O) groups is 3. The number of ether oxygens (including phenoxy) is 4. The molecule has 0 spiro atoms. The summed E-state index contributed by atoms with van der Waals surface area (Å²) in [6, 6.07) is 0. The fourth-order valence-corrected chi connectivity index (χ4v) is 1.99. The number of hydrogen-bond acceptors (Lipinski definition) is 8. The predicted octanol–water partition coefficient (Wildman–Crippen LogP) is -0.481. The highest BCUT2D eigenvalue weighted by Gasteiger charge is 2.49. The first-order valence-corrected chi connectivity index (χ1v) is 6.07. The number of hydrogen-bond donors (Lipinski definition) is 1. The van der Waals surface area contributed by atoms with E-state index in [4.69, 9.17) is 18.9 Å². The fraction of sp³-hybridized carbons (Fsp3) is 0.750. The quantitative estimate of drug-likeness (QED) is 0.548. The minimum atomic E-state index is -1.48. The van der Waals surface area contributed by atoms with Gasteiger partial charge in [-0.05, 0) is 6.92 Å². The van der Waals surface area contributed by atoms with Crippen molar-refractivity contribution in [3.8, 4) is 0 Å². The molecule has 0 saturated carbocycles. The van der Waals surface area contributed by atoms with Gasteiger partial charge in [0.1, 0.15) is 0 Å². The largest absolute Gasteiger partial charge is 0.456 e. The first-order chi connectivity index (χ1) is 9.22. The summed E-state index contributed by atoms with van der Waals surface area (Å²) in [5.74, 6) is -1.96. The third-order valence-corrected chi connectivity index (χ3v) is 2.65. The van der Waals surface area contributed by atoms with E-state index in [-0.39, 0.29) is 0 Å². The molecule has 1 saturated heterocycles. The Bertz CT molecular complexity index is 365. The Morgan fingerprint density at radius 1 is 0.850 bits per heavy atom. The van der Waals surface area contributed by atoms with Crippen LogP contribution in [-0.2, 0) is 33.3 Å². The van der Waals surface area contributed by atoms with Gasteiger partial charge in [0.25, 0.3) is 0 Å². The van der Waals surface area contributed by atoms with Crippen LogP contribution in [0.25, 0.3) is 0 Å². The van der Waals surface area contributed by atoms with Crippen molar-refractivity contribution in [2.75, 3.05) is 0 Å². The molecule has 1 heterocycles. The molecule has 1 rings (SSSR count). The molecule has 0 aromatic heterocycles. The SMILES string of the molecule is CC(=O)O[C@@H]1[C@H](OC(C)=O)[C@H](C)OC(O)[C@H]1OC(C)=O. The lowest BCUT2D eigenvalue weighted by atomic mass is 9.99. The van der Waals surface area contributed by atoms with Crippen LogP contribution in [0.3, 0.4) is 0 Å². The zero-order valence-electron chi connectivity index (χ0n) is 11.7. The molecule has 1 aliphatic heterocycles. The average molecular weight is 290 g/mol. The highest BCUT2D eigenvalue weighted by Crippen LogP contribution is 2.27. The van der Waals surface area contributed by atoms with Gasteiger partial charge in [0.15, 0.2) is 24.6 Å². The van der Waals surface area contributed by atoms with Crippen LogP contribution in [0.1, 0.15) is 27.7 Å². The molecule has 1 aliphatic rings. The van der Waals surface area contributed by atoms with Crippen LogP contribution < -0.4 is 0 Å². The van der Waals surface area contributed by atoms with E-state index in [2.05, 4.69) is 0 Å². The van der Waals surface area contributed by atoms with E-state index < -0.39 is 48.6 Å². The first kappa shape index (κ1) is 16.4. The molecule has 0 radical (unpaired) electrons. The van der Waals surface area contributed by atoms with Gasteiger partial charge in [-0.2, -0.15) is 0 Å². The van der Waals surface area contributed by atoms with Crippen LogP contribution in [0.2, 0.25) is 0 Å². The molecule has 1 unspecified atom stereocenters. The molecule has 0 amide bonds. The molecule has 0 aliphatic carbocycles. The standard InChI is InChI=1S/C12H18O8/c1-5-9(18-6(2)13)10(19-7(3)14)11(12(16)17-5)20-8(4)15/h5,9-12,16H,1-4H3/t5-,9+,10+,11-,12?/m0/s1. The molecule has 0 aromatic carbocycles. The van der Waals surface area contributed by atoms with E-state index in [0.29, 0.717) is 0 Å². The Kier molecular flexibility index (Phi) is 5.46. The Labute approximate surface area is 115 Å². The van der Waals surface area contributed by atoms with Gasteiger partial charge in [0.2, 0.25) is 0 Å². The number of esters is 3. The summed E-state index contributed by atoms with van der Waals surface area (Å²) >= 11 is 0. The van der Waals surface area contributed by atoms with Crippen LogP contribution in [0.15, 0.2) is 0 Å². The number of rotatable bonds is 3. The van der Waals surface area contributed by atoms with E-state index in [1.54, 1.807) is 0 Å². The molecule has 0 bridgehead atoms. The molecular formula is C12H18O8. The van der Waals surface area contributed by atoms with Gasteiger partial charge in [0.05, 0.1) is 6.10 Å². The zero-order valence-corrected chi connectivity index (χ0v) is 11.7. The van der Waals surface area contributed by atoms with Gasteiger partial charge >= 0.3 is 17.9 Å². The second-order valence-electron chi connectivity index (χ2n) is 4.45. The van der Waals surface area contributed by atoms with Crippen molar-refractivity contribution in [2.24, 2.45) is 0 Å². The van der Waals surface area contributed by atoms with Crippen molar-refractivity contribution < 1.29 is 38.4 Å². The number of aliphatic hydroxyl groups excluding tert-OH is 1. The van der Waals surface area contributed by atoms with E-state index >= 15 is 0 Å². The van der Waals surface area contributed by atoms with Gasteiger partial charge in [-0.15, -0.1) is 0 Å². The summed E-state index contributed by atoms with van der Waals surface area (Å²) < 4.78 is 20.1. The van der Waals surface area contributed by atoms with Crippen LogP contribution in [0, 0.1) is 0 Å². The van der Waals surface area contributed by atoms with Crippen molar-refractivity contribution >= 4 is 17.9 Å². The van der Waals surface area contributed by atoms with Crippen LogP contribution in [-0.4, -0.2) is 53.7 Å². The third-order valence-electron chi connectivity index (χ3n) is 2.65. The Balaban J connectivity index is 3.01. The van der Waals surface area contributed by atoms with Gasteiger partial charge in [-0.3, -0.25) is 14.4 Å². The highest BCUT2D eigenvalue weighted by molar-refractivity contribution is 5.68. The van der Waals surface area contributed by atoms with Crippen LogP contribution >= 0.6 is 0 Å². The lowest BCUT2D eigenvalue weighted by Crippen LogP contribution is -2.60. The summed E-state index contributed by atoms with van der Waals surface area (Å²) in [6.45, 7) is 5.01. The number of carbonyl (C=O) groups excluding carboxylic acids is 3. The lowest BCUT2D eigenvalue weighted by molar-refractivity contribution is -0.288. The summed E-state index contributed by atoms with van der Waals surface area (Å²) in [4.78, 5) is 33.3. The van der Waals surface area contributed by atoms with Crippen molar-refractivity contribution in [3.05, 3.63) is 0 Å². The van der Waals surface area contributed by atoms with Crippen molar-refractivity contribution in [1.29, 1.82) is 0 Å². The molecule has 1 fully saturated rings. The lowest BCUT2D eigenvalue weighted by Gasteiger charge is -2.41. The summed E-state index contributed by atoms with van der Waals surface area (Å²) in [5.41, 5.74) is 0. The maximum absolute atomic E-state index is 11.2. The van der Waals surface area contributed by atoms with E-state index in [1.807, 2.05) is 0 Å². The topological polar surface area (TPSA) is 108 Å². The first-order valence-electron chi connectivity index (χ1n) is 6.07. The molecule has 114 valence electrons. The zero-order chi connectivity index (χ0) is 15.4. The fourth-order valence-electron chi connectivity index (χ4n) is 1.99. The van der Waals surface area contributed by atoms with Crippen molar-refractivity contribution in [1.82, 2.24) is 0 Å². The molecule has 8 nitrogen and oxygen atoms in total. The van der Waals surface area contributed by atoms with Gasteiger partial charge in [-0.1, -0.05) is 0 Å². The van der Waals surface area contributed by atoms with Gasteiger partial charge < -0.3 is 24.1 Å². The second kappa shape index (κ2) is 6.67. The Morgan fingerprint density at radius 3 is 1.70 bits per heavy atom. The minimum absolute atomic E-state index is 0.611. The predicted molar refractivity (Wildman–Crippen MR) is 63.2 cm³/mol. The summed E-state index contributed by atoms with van der Waals surface area (Å²) in [6.07, 6.45) is -5.60. The van der Waals surface area contributed by atoms with Crippen molar-refractivity contribution in [3.63, 3.8) is 0 Å². The molecular weight excluding hydrogens is 272 g/mol. The average Bonchev–Trinajstić information content (AvgIpc) is 2.27. The van der Waals surface area contributed by atoms with Gasteiger partial charge in [0, 0.05) is 20.8 Å². The Morgan fingerprint density at radius 2 is 1.25 bits per heavy atom. The Hall–Kier alpha value is -1.67. The van der Waals surface area contributed by atoms with Crippen LogP contribution in [0.5, 0.6) is 0 Å². The smallest absolute Gasteiger partial charge is 0.303 e. The second-order valence-corrected chi connectivity index (χ2v) is 4.45. The maximum atomic E-state index is 11.2. The normalized spacial score (nSPS) is 33.1. The molecule has 0 aromatic rings. The highest BCUT2D eigenvalue weighted by atomic mass is 16.7. The number of aliphatic hydroxyl groups is 1. The maximum Gasteiger partial charge on any atom is 0.303 e. The summed E-state index contributed by atoms with van der Waals surface area (Å²) in [5, 5.41) is 9.79. The van der Waals surface area contributed by atoms with Crippen molar-refractivity contribution in [2.45, 2.75) is 58.4 Å².